The van der Waals surface area contributed by atoms with Gasteiger partial charge in [0, 0.05) is 6.54 Å². The second-order valence-electron chi connectivity index (χ2n) is 8.56. The number of nitrogens with one attached hydrogen (secondary N) is 1. The molecular formula is C21H28N6O5. The van der Waals surface area contributed by atoms with Gasteiger partial charge in [0.05, 0.1) is 6.33 Å². The minimum Gasteiger partial charge on any atom is -0.387 e. The number of carbonyl (C=O) groups is 1. The minimum atomic E-state index is -1.43. The van der Waals surface area contributed by atoms with Gasteiger partial charge in [-0.05, 0) is 38.0 Å². The van der Waals surface area contributed by atoms with E-state index in [1.807, 2.05) is 0 Å². The Morgan fingerprint density at radius 1 is 1.41 bits per heavy atom. The van der Waals surface area contributed by atoms with E-state index in [0.717, 1.165) is 12.8 Å². The molecule has 4 unspecified atom stereocenters. The lowest BCUT2D eigenvalue weighted by Crippen LogP contribution is -2.42. The summed E-state index contributed by atoms with van der Waals surface area (Å²) in [5.41, 5.74) is 5.44. The van der Waals surface area contributed by atoms with Crippen molar-refractivity contribution in [1.82, 2.24) is 24.8 Å². The number of fused-ring (bicyclic) bond motifs is 1. The molecule has 4 rings (SSSR count). The van der Waals surface area contributed by atoms with E-state index in [1.54, 1.807) is 6.92 Å². The lowest BCUT2D eigenvalue weighted by Gasteiger charge is -2.30. The molecule has 3 heterocycles. The summed E-state index contributed by atoms with van der Waals surface area (Å²) in [6.07, 6.45) is -0.699. The van der Waals surface area contributed by atoms with Crippen molar-refractivity contribution >= 4 is 22.9 Å². The molecule has 1 saturated carbocycles. The number of aliphatic hydroxyl groups excluding tert-OH is 2. The van der Waals surface area contributed by atoms with Crippen LogP contribution in [0.2, 0.25) is 0 Å². The van der Waals surface area contributed by atoms with Crippen molar-refractivity contribution in [1.29, 1.82) is 0 Å². The van der Waals surface area contributed by atoms with Crippen molar-refractivity contribution in [3.63, 3.8) is 0 Å². The van der Waals surface area contributed by atoms with Crippen molar-refractivity contribution in [2.45, 2.75) is 69.7 Å². The standard InChI is InChI=1S/C21H28N6O5/c1-3-23-19(30)16-14(28)15(29)20(32-16)27-10-24-13-17(22)25-12(26-18(13)27)6-8-21(31)7-4-5-11(2)9-21/h10-11,14-16,20,28-29,31H,3-5,7,9H2,1-2H3,(H,23,30)(H2,22,25,26)/t11?,14?,15?,16-,20+,21?/m0/s1. The van der Waals surface area contributed by atoms with Crippen LogP contribution in [0.25, 0.3) is 11.2 Å². The molecule has 1 amide bonds. The minimum absolute atomic E-state index is 0.0790. The molecule has 32 heavy (non-hydrogen) atoms. The molecular weight excluding hydrogens is 416 g/mol. The molecule has 6 N–H and O–H groups in total. The topological polar surface area (TPSA) is 169 Å². The van der Waals surface area contributed by atoms with E-state index in [4.69, 9.17) is 10.5 Å². The van der Waals surface area contributed by atoms with Crippen LogP contribution in [0, 0.1) is 17.8 Å². The number of nitrogens with two attached hydrogens (primary N) is 1. The van der Waals surface area contributed by atoms with Crippen molar-refractivity contribution in [2.75, 3.05) is 12.3 Å². The van der Waals surface area contributed by atoms with Crippen LogP contribution in [0.15, 0.2) is 6.33 Å². The molecule has 0 spiro atoms. The van der Waals surface area contributed by atoms with Crippen molar-refractivity contribution in [2.24, 2.45) is 5.92 Å². The zero-order valence-electron chi connectivity index (χ0n) is 18.0. The van der Waals surface area contributed by atoms with E-state index < -0.39 is 36.0 Å². The highest BCUT2D eigenvalue weighted by atomic mass is 16.6. The summed E-state index contributed by atoms with van der Waals surface area (Å²) in [4.78, 5) is 24.9. The average Bonchev–Trinajstić information content (AvgIpc) is 3.28. The number of likely N-dealkylation sites (N-methyl/N-ethyl adjacent to an activating group) is 1. The van der Waals surface area contributed by atoms with Crippen LogP contribution in [-0.4, -0.2) is 71.2 Å². The number of hydrogen-bond donors (Lipinski definition) is 5. The number of anilines is 1. The molecule has 0 radical (unpaired) electrons. The molecule has 11 heteroatoms. The number of aromatic nitrogens is 4. The molecule has 2 fully saturated rings. The molecule has 2 aliphatic rings. The Bertz CT molecular complexity index is 1080. The van der Waals surface area contributed by atoms with E-state index in [2.05, 4.69) is 39.0 Å². The van der Waals surface area contributed by atoms with Crippen LogP contribution in [0.5, 0.6) is 0 Å². The zero-order chi connectivity index (χ0) is 23.0. The van der Waals surface area contributed by atoms with Gasteiger partial charge >= 0.3 is 0 Å². The third-order valence-corrected chi connectivity index (χ3v) is 5.95. The molecule has 1 aliphatic carbocycles. The third-order valence-electron chi connectivity index (χ3n) is 5.95. The lowest BCUT2D eigenvalue weighted by molar-refractivity contribution is -0.137. The lowest BCUT2D eigenvalue weighted by atomic mass is 9.79. The number of carbonyl (C=O) groups excluding carboxylic acids is 1. The summed E-state index contributed by atoms with van der Waals surface area (Å²) in [6, 6.07) is 0. The number of nitrogen functional groups attached to an aromatic ring is 1. The Labute approximate surface area is 185 Å². The van der Waals surface area contributed by atoms with E-state index in [-0.39, 0.29) is 22.8 Å². The Balaban J connectivity index is 1.66. The number of amides is 1. The first-order valence-electron chi connectivity index (χ1n) is 10.8. The quantitative estimate of drug-likeness (QED) is 0.390. The Hall–Kier alpha value is -2.78. The van der Waals surface area contributed by atoms with Gasteiger partial charge in [0.25, 0.3) is 5.91 Å². The normalized spacial score (nSPS) is 32.5. The van der Waals surface area contributed by atoms with E-state index in [9.17, 15) is 20.1 Å². The monoisotopic (exact) mass is 444 g/mol. The van der Waals surface area contributed by atoms with Gasteiger partial charge in [0.15, 0.2) is 23.8 Å². The summed E-state index contributed by atoms with van der Waals surface area (Å²) in [6.45, 7) is 4.18. The second kappa shape index (κ2) is 8.63. The maximum Gasteiger partial charge on any atom is 0.252 e. The SMILES string of the molecule is CCNC(=O)[C@H]1O[C@@H](n2cnc3c(N)nc(C#CC4(O)CCCC(C)C4)nc32)C(O)C1O. The summed E-state index contributed by atoms with van der Waals surface area (Å²) < 4.78 is 7.04. The molecule has 11 nitrogen and oxygen atoms in total. The Morgan fingerprint density at radius 3 is 2.91 bits per heavy atom. The van der Waals surface area contributed by atoms with Crippen molar-refractivity contribution < 1.29 is 24.9 Å². The Kier molecular flexibility index (Phi) is 6.05. The number of rotatable bonds is 3. The second-order valence-corrected chi connectivity index (χ2v) is 8.56. The Morgan fingerprint density at radius 2 is 2.19 bits per heavy atom. The molecule has 2 aromatic heterocycles. The van der Waals surface area contributed by atoms with Gasteiger partial charge in [-0.1, -0.05) is 19.3 Å². The maximum absolute atomic E-state index is 12.2. The first-order chi connectivity index (χ1) is 15.2. The summed E-state index contributed by atoms with van der Waals surface area (Å²) in [7, 11) is 0. The van der Waals surface area contributed by atoms with Crippen molar-refractivity contribution in [3.8, 4) is 11.8 Å². The molecule has 0 aromatic carbocycles. The highest BCUT2D eigenvalue weighted by Crippen LogP contribution is 2.33. The summed E-state index contributed by atoms with van der Waals surface area (Å²) in [5, 5.41) is 34.1. The van der Waals surface area contributed by atoms with Crippen LogP contribution in [0.1, 0.15) is 51.6 Å². The van der Waals surface area contributed by atoms with Crippen LogP contribution in [-0.2, 0) is 9.53 Å². The van der Waals surface area contributed by atoms with Gasteiger partial charge in [-0.25, -0.2) is 15.0 Å². The largest absolute Gasteiger partial charge is 0.387 e. The smallest absolute Gasteiger partial charge is 0.252 e. The van der Waals surface area contributed by atoms with Crippen LogP contribution in [0.4, 0.5) is 5.82 Å². The molecule has 2 aromatic rings. The predicted octanol–water partition coefficient (Wildman–Crippen LogP) is -0.543. The molecule has 1 saturated heterocycles. The summed E-state index contributed by atoms with van der Waals surface area (Å²) >= 11 is 0. The number of imidazole rings is 1. The number of aliphatic hydroxyl groups is 3. The zero-order valence-corrected chi connectivity index (χ0v) is 18.0. The van der Waals surface area contributed by atoms with Gasteiger partial charge in [0.1, 0.15) is 23.3 Å². The van der Waals surface area contributed by atoms with E-state index in [1.165, 1.54) is 10.9 Å². The van der Waals surface area contributed by atoms with E-state index in [0.29, 0.717) is 25.3 Å². The number of nitrogens with zero attached hydrogens (tertiary/aromatic N) is 4. The van der Waals surface area contributed by atoms with Gasteiger partial charge in [-0.3, -0.25) is 9.36 Å². The van der Waals surface area contributed by atoms with Crippen LogP contribution in [0.3, 0.4) is 0 Å². The average molecular weight is 444 g/mol. The van der Waals surface area contributed by atoms with E-state index >= 15 is 0 Å². The van der Waals surface area contributed by atoms with Crippen LogP contribution >= 0.6 is 0 Å². The van der Waals surface area contributed by atoms with Gasteiger partial charge in [-0.15, -0.1) is 0 Å². The fraction of sp³-hybridized carbons (Fsp3) is 0.619. The highest BCUT2D eigenvalue weighted by Gasteiger charge is 2.47. The van der Waals surface area contributed by atoms with Crippen molar-refractivity contribution in [3.05, 3.63) is 12.2 Å². The summed E-state index contributed by atoms with van der Waals surface area (Å²) in [5.74, 6) is 5.74. The fourth-order valence-electron chi connectivity index (χ4n) is 4.37. The fourth-order valence-corrected chi connectivity index (χ4v) is 4.37. The van der Waals surface area contributed by atoms with Gasteiger partial charge in [-0.2, -0.15) is 0 Å². The van der Waals surface area contributed by atoms with Crippen LogP contribution < -0.4 is 11.1 Å². The predicted molar refractivity (Wildman–Crippen MR) is 114 cm³/mol. The maximum atomic E-state index is 12.2. The van der Waals surface area contributed by atoms with Gasteiger partial charge < -0.3 is 31.1 Å². The molecule has 0 bridgehead atoms. The first-order valence-corrected chi connectivity index (χ1v) is 10.8. The molecule has 172 valence electrons. The third kappa shape index (κ3) is 4.14. The number of hydrogen-bond acceptors (Lipinski definition) is 9. The number of ether oxygens (including phenoxy) is 1. The van der Waals surface area contributed by atoms with Gasteiger partial charge in [0.2, 0.25) is 5.82 Å². The highest BCUT2D eigenvalue weighted by molar-refractivity contribution is 5.83. The molecule has 6 atom stereocenters. The molecule has 1 aliphatic heterocycles. The first kappa shape index (κ1) is 22.4.